The number of nitrogens with two attached hydrogens (primary N) is 2. The molecule has 3 rings (SSSR count). The third kappa shape index (κ3) is 4.30. The first-order chi connectivity index (χ1) is 13.2. The molecule has 9 heteroatoms. The minimum atomic E-state index is -4.55. The molecule has 1 heterocycles. The molecule has 4 N–H and O–H groups in total. The predicted molar refractivity (Wildman–Crippen MR) is 97.7 cm³/mol. The maximum absolute atomic E-state index is 13.4. The van der Waals surface area contributed by atoms with Crippen molar-refractivity contribution in [1.82, 2.24) is 9.97 Å². The van der Waals surface area contributed by atoms with Gasteiger partial charge in [0.2, 0.25) is 0 Å². The first-order valence-corrected chi connectivity index (χ1v) is 8.50. The molecule has 2 atom stereocenters. The van der Waals surface area contributed by atoms with Crippen LogP contribution < -0.4 is 11.5 Å². The second kappa shape index (κ2) is 7.83. The Morgan fingerprint density at radius 2 is 1.68 bits per heavy atom. The molecule has 146 valence electrons. The quantitative estimate of drug-likeness (QED) is 0.613. The summed E-state index contributed by atoms with van der Waals surface area (Å²) in [6.07, 6.45) is -3.32. The Hall–Kier alpha value is -2.55. The van der Waals surface area contributed by atoms with Crippen molar-refractivity contribution in [3.8, 4) is 11.3 Å². The largest absolute Gasteiger partial charge is 0.417 e. The van der Waals surface area contributed by atoms with Gasteiger partial charge in [0.15, 0.2) is 0 Å². The summed E-state index contributed by atoms with van der Waals surface area (Å²) in [5.41, 5.74) is 12.9. The maximum atomic E-state index is 13.4. The number of hydrogen-bond donors (Lipinski definition) is 2. The number of aromatic nitrogens is 2. The molecule has 0 saturated heterocycles. The van der Waals surface area contributed by atoms with Gasteiger partial charge in [0.05, 0.1) is 34.1 Å². The second-order valence-electron chi connectivity index (χ2n) is 6.13. The second-order valence-corrected chi connectivity index (χ2v) is 6.53. The first kappa shape index (κ1) is 20.2. The number of alkyl halides is 3. The molecule has 0 amide bonds. The van der Waals surface area contributed by atoms with Crippen molar-refractivity contribution < 1.29 is 17.6 Å². The minimum Gasteiger partial charge on any atom is -0.322 e. The van der Waals surface area contributed by atoms with Gasteiger partial charge in [-0.1, -0.05) is 29.8 Å². The number of benzene rings is 2. The summed E-state index contributed by atoms with van der Waals surface area (Å²) in [5, 5.41) is -0.439. The van der Waals surface area contributed by atoms with E-state index in [2.05, 4.69) is 9.97 Å². The van der Waals surface area contributed by atoms with E-state index in [1.807, 2.05) is 0 Å². The lowest BCUT2D eigenvalue weighted by atomic mass is 9.97. The van der Waals surface area contributed by atoms with Gasteiger partial charge in [-0.25, -0.2) is 14.4 Å². The van der Waals surface area contributed by atoms with E-state index in [-0.39, 0.29) is 0 Å². The molecule has 28 heavy (non-hydrogen) atoms. The Bertz CT molecular complexity index is 994. The monoisotopic (exact) mass is 410 g/mol. The maximum Gasteiger partial charge on any atom is 0.417 e. The molecule has 1 aromatic heterocycles. The summed E-state index contributed by atoms with van der Waals surface area (Å²) >= 11 is 5.77. The van der Waals surface area contributed by atoms with Crippen molar-refractivity contribution >= 4 is 11.6 Å². The SMILES string of the molecule is NC(c1cccc(F)c1)C(N)c1cc(-c2ccc(C(F)(F)F)c(Cl)c2)ncn1. The van der Waals surface area contributed by atoms with Gasteiger partial charge < -0.3 is 11.5 Å². The van der Waals surface area contributed by atoms with Gasteiger partial charge in [-0.2, -0.15) is 13.2 Å². The molecule has 0 aliphatic rings. The van der Waals surface area contributed by atoms with E-state index >= 15 is 0 Å². The molecule has 0 aliphatic carbocycles. The van der Waals surface area contributed by atoms with Crippen LogP contribution in [-0.2, 0) is 6.18 Å². The van der Waals surface area contributed by atoms with Crippen molar-refractivity contribution in [2.75, 3.05) is 0 Å². The zero-order valence-corrected chi connectivity index (χ0v) is 15.0. The average molecular weight is 411 g/mol. The van der Waals surface area contributed by atoms with Gasteiger partial charge in [0, 0.05) is 5.56 Å². The van der Waals surface area contributed by atoms with Crippen LogP contribution in [0.15, 0.2) is 54.9 Å². The van der Waals surface area contributed by atoms with E-state index < -0.39 is 34.7 Å². The number of halogens is 5. The molecule has 0 bridgehead atoms. The first-order valence-electron chi connectivity index (χ1n) is 8.12. The summed E-state index contributed by atoms with van der Waals surface area (Å²) < 4.78 is 52.0. The van der Waals surface area contributed by atoms with E-state index in [0.717, 1.165) is 6.07 Å². The Balaban J connectivity index is 1.91. The van der Waals surface area contributed by atoms with Crippen LogP contribution in [0.4, 0.5) is 17.6 Å². The fourth-order valence-electron chi connectivity index (χ4n) is 2.72. The van der Waals surface area contributed by atoms with E-state index in [1.165, 1.54) is 42.7 Å². The standard InChI is InChI=1S/C19H15ClF4N4/c20-14-7-10(4-5-13(14)19(22,23)24)15-8-16(28-9-27-15)18(26)17(25)11-2-1-3-12(21)6-11/h1-9,17-18H,25-26H2. The molecule has 0 saturated carbocycles. The molecule has 0 spiro atoms. The zero-order valence-electron chi connectivity index (χ0n) is 14.3. The predicted octanol–water partition coefficient (Wildman–Crippen LogP) is 4.65. The van der Waals surface area contributed by atoms with Gasteiger partial charge in [0.1, 0.15) is 12.1 Å². The van der Waals surface area contributed by atoms with Gasteiger partial charge >= 0.3 is 6.18 Å². The van der Waals surface area contributed by atoms with Crippen molar-refractivity contribution in [3.63, 3.8) is 0 Å². The molecular formula is C19H15ClF4N4. The van der Waals surface area contributed by atoms with Crippen molar-refractivity contribution in [1.29, 1.82) is 0 Å². The molecule has 3 aromatic rings. The van der Waals surface area contributed by atoms with E-state index in [1.54, 1.807) is 6.07 Å². The van der Waals surface area contributed by atoms with Crippen molar-refractivity contribution in [3.05, 3.63) is 82.5 Å². The van der Waals surface area contributed by atoms with E-state index in [9.17, 15) is 17.6 Å². The third-order valence-electron chi connectivity index (χ3n) is 4.22. The van der Waals surface area contributed by atoms with Crippen molar-refractivity contribution in [2.45, 2.75) is 18.3 Å². The average Bonchev–Trinajstić information content (AvgIpc) is 2.66. The van der Waals surface area contributed by atoms with E-state index in [4.69, 9.17) is 23.1 Å². The number of hydrogen-bond acceptors (Lipinski definition) is 4. The van der Waals surface area contributed by atoms with Gasteiger partial charge in [-0.3, -0.25) is 0 Å². The van der Waals surface area contributed by atoms with E-state index in [0.29, 0.717) is 22.5 Å². The Morgan fingerprint density at radius 1 is 0.929 bits per heavy atom. The van der Waals surface area contributed by atoms with Gasteiger partial charge in [-0.15, -0.1) is 0 Å². The molecule has 0 aliphatic heterocycles. The Labute approximate surface area is 163 Å². The number of rotatable bonds is 4. The highest BCUT2D eigenvalue weighted by atomic mass is 35.5. The van der Waals surface area contributed by atoms with Crippen LogP contribution in [0.25, 0.3) is 11.3 Å². The normalized spacial score (nSPS) is 14.0. The Kier molecular flexibility index (Phi) is 5.64. The summed E-state index contributed by atoms with van der Waals surface area (Å²) in [7, 11) is 0. The third-order valence-corrected chi connectivity index (χ3v) is 4.53. The molecule has 2 aromatic carbocycles. The van der Waals surface area contributed by atoms with Crippen LogP contribution in [0.5, 0.6) is 0 Å². The highest BCUT2D eigenvalue weighted by Gasteiger charge is 2.33. The fourth-order valence-corrected chi connectivity index (χ4v) is 3.01. The van der Waals surface area contributed by atoms with Crippen LogP contribution in [-0.4, -0.2) is 9.97 Å². The lowest BCUT2D eigenvalue weighted by molar-refractivity contribution is -0.137. The summed E-state index contributed by atoms with van der Waals surface area (Å²) in [6, 6.07) is 9.05. The van der Waals surface area contributed by atoms with Crippen LogP contribution in [0.1, 0.15) is 28.9 Å². The van der Waals surface area contributed by atoms with Crippen LogP contribution in [0, 0.1) is 5.82 Å². The molecule has 0 fully saturated rings. The lowest BCUT2D eigenvalue weighted by Crippen LogP contribution is -2.27. The summed E-state index contributed by atoms with van der Waals surface area (Å²) in [5.74, 6) is -0.442. The Morgan fingerprint density at radius 3 is 2.32 bits per heavy atom. The molecular weight excluding hydrogens is 396 g/mol. The molecule has 0 radical (unpaired) electrons. The smallest absolute Gasteiger partial charge is 0.322 e. The minimum absolute atomic E-state index is 0.336. The lowest BCUT2D eigenvalue weighted by Gasteiger charge is -2.20. The highest BCUT2D eigenvalue weighted by Crippen LogP contribution is 2.36. The van der Waals surface area contributed by atoms with Crippen molar-refractivity contribution in [2.24, 2.45) is 11.5 Å². The van der Waals surface area contributed by atoms with Gasteiger partial charge in [0.25, 0.3) is 0 Å². The van der Waals surface area contributed by atoms with Crippen LogP contribution in [0.2, 0.25) is 5.02 Å². The fraction of sp³-hybridized carbons (Fsp3) is 0.158. The highest BCUT2D eigenvalue weighted by molar-refractivity contribution is 6.31. The van der Waals surface area contributed by atoms with Gasteiger partial charge in [-0.05, 0) is 35.9 Å². The summed E-state index contributed by atoms with van der Waals surface area (Å²) in [6.45, 7) is 0. The summed E-state index contributed by atoms with van der Waals surface area (Å²) in [4.78, 5) is 8.15. The van der Waals surface area contributed by atoms with Crippen LogP contribution in [0.3, 0.4) is 0 Å². The zero-order chi connectivity index (χ0) is 20.5. The number of nitrogens with zero attached hydrogens (tertiary/aromatic N) is 2. The molecule has 2 unspecified atom stereocenters. The molecule has 4 nitrogen and oxygen atoms in total. The van der Waals surface area contributed by atoms with Crippen LogP contribution >= 0.6 is 11.6 Å². The topological polar surface area (TPSA) is 77.8 Å².